The summed E-state index contributed by atoms with van der Waals surface area (Å²) in [6, 6.07) is 4.37. The minimum absolute atomic E-state index is 0. The van der Waals surface area contributed by atoms with E-state index >= 15 is 0 Å². The van der Waals surface area contributed by atoms with Crippen LogP contribution in [0.4, 0.5) is 0 Å². The first-order valence-corrected chi connectivity index (χ1v) is 7.06. The molecule has 0 bridgehead atoms. The van der Waals surface area contributed by atoms with Crippen molar-refractivity contribution in [3.63, 3.8) is 0 Å². The van der Waals surface area contributed by atoms with E-state index < -0.39 is 0 Å². The SMILES string of the molecule is Cc1ccn2c(C(=O)N[C@@H]3CC[C@@H](N)C3)c(C)nc2c1.Cl.Cl. The number of nitrogens with two attached hydrogens (primary N) is 1. The van der Waals surface area contributed by atoms with Gasteiger partial charge in [0.15, 0.2) is 0 Å². The van der Waals surface area contributed by atoms with Crippen molar-refractivity contribution in [3.8, 4) is 0 Å². The highest BCUT2D eigenvalue weighted by Crippen LogP contribution is 2.19. The molecular formula is C15H22Cl2N4O. The summed E-state index contributed by atoms with van der Waals surface area (Å²) in [5, 5.41) is 3.08. The molecular weight excluding hydrogens is 323 g/mol. The van der Waals surface area contributed by atoms with Crippen molar-refractivity contribution in [2.45, 2.75) is 45.2 Å². The molecule has 2 atom stereocenters. The first-order chi connectivity index (χ1) is 9.54. The van der Waals surface area contributed by atoms with Crippen molar-refractivity contribution in [2.24, 2.45) is 5.73 Å². The second-order valence-corrected chi connectivity index (χ2v) is 5.72. The Hall–Kier alpha value is -1.30. The fourth-order valence-electron chi connectivity index (χ4n) is 2.94. The number of halogens is 2. The summed E-state index contributed by atoms with van der Waals surface area (Å²) in [4.78, 5) is 16.9. The van der Waals surface area contributed by atoms with Gasteiger partial charge >= 0.3 is 0 Å². The zero-order valence-electron chi connectivity index (χ0n) is 12.7. The maximum Gasteiger partial charge on any atom is 0.270 e. The van der Waals surface area contributed by atoms with Crippen molar-refractivity contribution in [2.75, 3.05) is 0 Å². The number of nitrogens with one attached hydrogen (secondary N) is 1. The molecule has 2 aromatic rings. The zero-order valence-corrected chi connectivity index (χ0v) is 14.3. The van der Waals surface area contributed by atoms with Gasteiger partial charge in [-0.2, -0.15) is 0 Å². The van der Waals surface area contributed by atoms with E-state index in [1.165, 1.54) is 0 Å². The van der Waals surface area contributed by atoms with Gasteiger partial charge in [0.1, 0.15) is 11.3 Å². The second-order valence-electron chi connectivity index (χ2n) is 5.72. The Labute approximate surface area is 142 Å². The van der Waals surface area contributed by atoms with Gasteiger partial charge < -0.3 is 11.1 Å². The lowest BCUT2D eigenvalue weighted by Gasteiger charge is -2.12. The predicted octanol–water partition coefficient (Wildman–Crippen LogP) is 2.40. The molecule has 22 heavy (non-hydrogen) atoms. The summed E-state index contributed by atoms with van der Waals surface area (Å²) in [5.41, 5.74) is 9.22. The predicted molar refractivity (Wildman–Crippen MR) is 92.2 cm³/mol. The van der Waals surface area contributed by atoms with E-state index in [1.54, 1.807) is 0 Å². The summed E-state index contributed by atoms with van der Waals surface area (Å²) in [6.07, 6.45) is 4.71. The third-order valence-electron chi connectivity index (χ3n) is 3.98. The quantitative estimate of drug-likeness (QED) is 0.878. The standard InChI is InChI=1S/C15H20N4O.2ClH/c1-9-5-6-19-13(7-9)17-10(2)14(19)15(20)18-12-4-3-11(16)8-12;;/h5-7,11-12H,3-4,8,16H2,1-2H3,(H,18,20);2*1H/t11-,12-;;/m1../s1. The highest BCUT2D eigenvalue weighted by atomic mass is 35.5. The van der Waals surface area contributed by atoms with Gasteiger partial charge in [-0.1, -0.05) is 0 Å². The van der Waals surface area contributed by atoms with E-state index in [2.05, 4.69) is 10.3 Å². The molecule has 1 saturated carbocycles. The normalized spacial score (nSPS) is 20.3. The lowest BCUT2D eigenvalue weighted by molar-refractivity contribution is 0.0931. The number of nitrogens with zero attached hydrogens (tertiary/aromatic N) is 2. The van der Waals surface area contributed by atoms with Crippen molar-refractivity contribution < 1.29 is 4.79 Å². The molecule has 5 nitrogen and oxygen atoms in total. The Morgan fingerprint density at radius 1 is 1.36 bits per heavy atom. The van der Waals surface area contributed by atoms with Crippen LogP contribution in [0.1, 0.15) is 41.0 Å². The van der Waals surface area contributed by atoms with Gasteiger partial charge in [-0.05, 0) is 50.8 Å². The fourth-order valence-corrected chi connectivity index (χ4v) is 2.94. The Morgan fingerprint density at radius 3 is 2.73 bits per heavy atom. The lowest BCUT2D eigenvalue weighted by Crippen LogP contribution is -2.35. The molecule has 0 unspecified atom stereocenters. The smallest absolute Gasteiger partial charge is 0.270 e. The van der Waals surface area contributed by atoms with Gasteiger partial charge in [-0.15, -0.1) is 24.8 Å². The molecule has 0 aromatic carbocycles. The molecule has 3 rings (SSSR count). The Morgan fingerprint density at radius 2 is 2.09 bits per heavy atom. The van der Waals surface area contributed by atoms with E-state index in [-0.39, 0.29) is 42.8 Å². The number of amides is 1. The number of carbonyl (C=O) groups is 1. The van der Waals surface area contributed by atoms with E-state index in [1.807, 2.05) is 36.6 Å². The van der Waals surface area contributed by atoms with E-state index in [0.29, 0.717) is 5.69 Å². The molecule has 0 radical (unpaired) electrons. The number of rotatable bonds is 2. The number of fused-ring (bicyclic) bond motifs is 1. The van der Waals surface area contributed by atoms with Crippen LogP contribution in [0.15, 0.2) is 18.3 Å². The Balaban J connectivity index is 0.00000121. The molecule has 122 valence electrons. The third-order valence-corrected chi connectivity index (χ3v) is 3.98. The van der Waals surface area contributed by atoms with Crippen LogP contribution in [0.25, 0.3) is 5.65 Å². The summed E-state index contributed by atoms with van der Waals surface area (Å²) in [6.45, 7) is 3.89. The molecule has 3 N–H and O–H groups in total. The largest absolute Gasteiger partial charge is 0.348 e. The van der Waals surface area contributed by atoms with Crippen molar-refractivity contribution >= 4 is 36.4 Å². The lowest BCUT2D eigenvalue weighted by atomic mass is 10.2. The molecule has 7 heteroatoms. The van der Waals surface area contributed by atoms with Gasteiger partial charge in [0.2, 0.25) is 0 Å². The molecule has 1 aliphatic carbocycles. The molecule has 1 aliphatic rings. The maximum atomic E-state index is 12.5. The van der Waals surface area contributed by atoms with Crippen LogP contribution in [0, 0.1) is 13.8 Å². The number of carbonyl (C=O) groups excluding carboxylic acids is 1. The topological polar surface area (TPSA) is 72.4 Å². The Kier molecular flexibility index (Phi) is 6.23. The summed E-state index contributed by atoms with van der Waals surface area (Å²) in [7, 11) is 0. The number of pyridine rings is 1. The highest BCUT2D eigenvalue weighted by molar-refractivity contribution is 5.94. The van der Waals surface area contributed by atoms with E-state index in [9.17, 15) is 4.79 Å². The van der Waals surface area contributed by atoms with Crippen LogP contribution < -0.4 is 11.1 Å². The molecule has 0 spiro atoms. The number of aromatic nitrogens is 2. The minimum Gasteiger partial charge on any atom is -0.348 e. The maximum absolute atomic E-state index is 12.5. The van der Waals surface area contributed by atoms with Gasteiger partial charge in [-0.25, -0.2) is 4.98 Å². The molecule has 1 amide bonds. The third kappa shape index (κ3) is 3.54. The van der Waals surface area contributed by atoms with Crippen LogP contribution in [-0.4, -0.2) is 27.4 Å². The van der Waals surface area contributed by atoms with Crippen molar-refractivity contribution in [1.82, 2.24) is 14.7 Å². The number of hydrogen-bond donors (Lipinski definition) is 2. The van der Waals surface area contributed by atoms with Crippen LogP contribution in [0.2, 0.25) is 0 Å². The van der Waals surface area contributed by atoms with Crippen LogP contribution in [0.5, 0.6) is 0 Å². The fraction of sp³-hybridized carbons (Fsp3) is 0.467. The number of imidazole rings is 1. The highest BCUT2D eigenvalue weighted by Gasteiger charge is 2.25. The average Bonchev–Trinajstić information content (AvgIpc) is 2.91. The van der Waals surface area contributed by atoms with Crippen LogP contribution in [0.3, 0.4) is 0 Å². The van der Waals surface area contributed by atoms with Gasteiger partial charge in [0.25, 0.3) is 5.91 Å². The van der Waals surface area contributed by atoms with E-state index in [4.69, 9.17) is 5.73 Å². The summed E-state index contributed by atoms with van der Waals surface area (Å²) < 4.78 is 1.85. The Bertz CT molecular complexity index is 671. The second kappa shape index (κ2) is 7.31. The first-order valence-electron chi connectivity index (χ1n) is 7.06. The van der Waals surface area contributed by atoms with Crippen LogP contribution >= 0.6 is 24.8 Å². The number of aryl methyl sites for hydroxylation is 2. The van der Waals surface area contributed by atoms with Crippen molar-refractivity contribution in [3.05, 3.63) is 35.3 Å². The van der Waals surface area contributed by atoms with Gasteiger partial charge in [-0.3, -0.25) is 9.20 Å². The first kappa shape index (κ1) is 18.7. The van der Waals surface area contributed by atoms with Crippen molar-refractivity contribution in [1.29, 1.82) is 0 Å². The van der Waals surface area contributed by atoms with Gasteiger partial charge in [0, 0.05) is 18.3 Å². The molecule has 0 saturated heterocycles. The zero-order chi connectivity index (χ0) is 14.3. The summed E-state index contributed by atoms with van der Waals surface area (Å²) in [5.74, 6) is -0.0575. The van der Waals surface area contributed by atoms with Gasteiger partial charge in [0.05, 0.1) is 5.69 Å². The minimum atomic E-state index is -0.0575. The van der Waals surface area contributed by atoms with Crippen LogP contribution in [-0.2, 0) is 0 Å². The molecule has 1 fully saturated rings. The molecule has 0 aliphatic heterocycles. The number of hydrogen-bond acceptors (Lipinski definition) is 3. The summed E-state index contributed by atoms with van der Waals surface area (Å²) >= 11 is 0. The van der Waals surface area contributed by atoms with E-state index in [0.717, 1.165) is 36.2 Å². The average molecular weight is 345 g/mol. The monoisotopic (exact) mass is 344 g/mol. The molecule has 2 heterocycles. The molecule has 2 aromatic heterocycles.